The average molecular weight is 750 g/mol. The van der Waals surface area contributed by atoms with Crippen molar-refractivity contribution in [2.45, 2.75) is 83.6 Å². The molecule has 0 spiro atoms. The number of hydrogen-bond donors (Lipinski definition) is 8. The number of nitrogens with two attached hydrogens (primary N) is 1. The van der Waals surface area contributed by atoms with E-state index in [1.165, 1.54) is 0 Å². The highest BCUT2D eigenvalue weighted by atomic mass is 16.4. The largest absolute Gasteiger partial charge is 0.480 e. The number of H-pyrrole nitrogens is 2. The quantitative estimate of drug-likeness (QED) is 0.0665. The van der Waals surface area contributed by atoms with Crippen LogP contribution in [-0.2, 0) is 43.2 Å². The lowest BCUT2D eigenvalue weighted by atomic mass is 9.98. The molecule has 55 heavy (non-hydrogen) atoms. The number of fused-ring (bicyclic) bond motifs is 2. The Bertz CT molecular complexity index is 2110. The Labute approximate surface area is 320 Å². The fourth-order valence-electron chi connectivity index (χ4n) is 6.71. The van der Waals surface area contributed by atoms with Crippen molar-refractivity contribution < 1.29 is 29.1 Å². The minimum absolute atomic E-state index is 0.0193. The zero-order chi connectivity index (χ0) is 39.6. The molecule has 2 heterocycles. The Hall–Kier alpha value is -5.95. The molecular formula is C42H51N7O6. The standard InChI is InChI=1S/C42H51N7O6/c1-24(2)18-36(42(54)55)48-39(51)34(20-27-22-44-32-16-10-8-14-29(27)32)47-41(53)37(25(3)4)49-40(52)35(21-28-23-45-33-17-11-9-15-30(28)33)46-38(50)31(43)19-26-12-6-5-7-13-26/h5-17,22-25,31,34-37,44-45H,18-21,43H2,1-4H3,(H,46,50)(H,47,53)(H,48,51)(H,49,52)(H,54,55)/t31-,34-,35-,36-,37-/m0/s1. The second-order valence-electron chi connectivity index (χ2n) is 14.8. The van der Waals surface area contributed by atoms with Crippen molar-refractivity contribution in [3.05, 3.63) is 108 Å². The summed E-state index contributed by atoms with van der Waals surface area (Å²) in [5.41, 5.74) is 10.4. The lowest BCUT2D eigenvalue weighted by Crippen LogP contribution is -2.60. The van der Waals surface area contributed by atoms with E-state index in [0.29, 0.717) is 0 Å². The number of aromatic amines is 2. The van der Waals surface area contributed by atoms with Gasteiger partial charge in [-0.3, -0.25) is 19.2 Å². The molecule has 13 nitrogen and oxygen atoms in total. The first-order chi connectivity index (χ1) is 26.3. The number of carbonyl (C=O) groups excluding carboxylic acids is 4. The maximum atomic E-state index is 14.2. The monoisotopic (exact) mass is 749 g/mol. The van der Waals surface area contributed by atoms with Crippen molar-refractivity contribution in [2.24, 2.45) is 17.6 Å². The Morgan fingerprint density at radius 1 is 0.600 bits per heavy atom. The number of carbonyl (C=O) groups is 5. The number of aromatic nitrogens is 2. The van der Waals surface area contributed by atoms with Gasteiger partial charge in [-0.05, 0) is 53.5 Å². The highest BCUT2D eigenvalue weighted by Crippen LogP contribution is 2.21. The molecule has 0 aliphatic rings. The molecule has 5 atom stereocenters. The maximum absolute atomic E-state index is 14.2. The number of carboxylic acid groups (broad SMARTS) is 1. The third kappa shape index (κ3) is 10.6. The number of benzene rings is 3. The number of rotatable bonds is 18. The molecule has 5 aromatic rings. The lowest BCUT2D eigenvalue weighted by Gasteiger charge is -2.28. The van der Waals surface area contributed by atoms with E-state index in [1.54, 1.807) is 26.2 Å². The van der Waals surface area contributed by atoms with Gasteiger partial charge in [0.15, 0.2) is 0 Å². The first-order valence-corrected chi connectivity index (χ1v) is 18.6. The van der Waals surface area contributed by atoms with Crippen molar-refractivity contribution in [2.75, 3.05) is 0 Å². The van der Waals surface area contributed by atoms with Crippen LogP contribution in [0.3, 0.4) is 0 Å². The van der Waals surface area contributed by atoms with Crippen LogP contribution < -0.4 is 27.0 Å². The van der Waals surface area contributed by atoms with Crippen molar-refractivity contribution in [3.63, 3.8) is 0 Å². The minimum Gasteiger partial charge on any atom is -0.480 e. The highest BCUT2D eigenvalue weighted by Gasteiger charge is 2.34. The van der Waals surface area contributed by atoms with Crippen LogP contribution in [0.4, 0.5) is 0 Å². The van der Waals surface area contributed by atoms with Gasteiger partial charge in [0.05, 0.1) is 6.04 Å². The molecule has 0 saturated heterocycles. The van der Waals surface area contributed by atoms with Gasteiger partial charge in [0.25, 0.3) is 0 Å². The van der Waals surface area contributed by atoms with Gasteiger partial charge in [-0.2, -0.15) is 0 Å². The van der Waals surface area contributed by atoms with Crippen LogP contribution in [0, 0.1) is 11.8 Å². The van der Waals surface area contributed by atoms with Gasteiger partial charge in [-0.25, -0.2) is 4.79 Å². The average Bonchev–Trinajstić information content (AvgIpc) is 3.76. The second kappa shape index (κ2) is 18.4. The molecule has 3 aromatic carbocycles. The summed E-state index contributed by atoms with van der Waals surface area (Å²) in [6, 6.07) is 18.9. The zero-order valence-electron chi connectivity index (χ0n) is 31.6. The van der Waals surface area contributed by atoms with Crippen molar-refractivity contribution in [3.8, 4) is 0 Å². The summed E-state index contributed by atoms with van der Waals surface area (Å²) in [6.45, 7) is 7.22. The number of hydrogen-bond acceptors (Lipinski definition) is 6. The lowest BCUT2D eigenvalue weighted by molar-refractivity contribution is -0.142. The summed E-state index contributed by atoms with van der Waals surface area (Å²) in [5.74, 6) is -4.10. The van der Waals surface area contributed by atoms with E-state index in [-0.39, 0.29) is 31.6 Å². The third-order valence-corrected chi connectivity index (χ3v) is 9.67. The van der Waals surface area contributed by atoms with Crippen LogP contribution in [0.25, 0.3) is 21.8 Å². The summed E-state index contributed by atoms with van der Waals surface area (Å²) in [4.78, 5) is 74.1. The fourth-order valence-corrected chi connectivity index (χ4v) is 6.71. The Kier molecular flexibility index (Phi) is 13.5. The SMILES string of the molecule is CC(C)C[C@H](NC(=O)[C@H](Cc1c[nH]c2ccccc12)NC(=O)[C@@H](NC(=O)[C@H](Cc1c[nH]c2ccccc12)NC(=O)[C@@H](N)Cc1ccccc1)C(C)C)C(=O)O. The molecule has 0 fully saturated rings. The van der Waals surface area contributed by atoms with E-state index in [9.17, 15) is 29.1 Å². The van der Waals surface area contributed by atoms with Crippen LogP contribution in [-0.4, -0.2) is 74.9 Å². The Balaban J connectivity index is 1.38. The number of aliphatic carboxylic acids is 1. The maximum Gasteiger partial charge on any atom is 0.326 e. The summed E-state index contributed by atoms with van der Waals surface area (Å²) in [7, 11) is 0. The molecule has 5 rings (SSSR count). The van der Waals surface area contributed by atoms with Crippen LogP contribution in [0.1, 0.15) is 50.8 Å². The van der Waals surface area contributed by atoms with Gasteiger partial charge >= 0.3 is 5.97 Å². The van der Waals surface area contributed by atoms with Gasteiger partial charge in [-0.15, -0.1) is 0 Å². The van der Waals surface area contributed by atoms with E-state index < -0.39 is 65.7 Å². The summed E-state index contributed by atoms with van der Waals surface area (Å²) < 4.78 is 0. The fraction of sp³-hybridized carbons (Fsp3) is 0.357. The second-order valence-corrected chi connectivity index (χ2v) is 14.8. The molecule has 9 N–H and O–H groups in total. The molecular weight excluding hydrogens is 699 g/mol. The third-order valence-electron chi connectivity index (χ3n) is 9.67. The predicted molar refractivity (Wildman–Crippen MR) is 212 cm³/mol. The first kappa shape index (κ1) is 40.2. The molecule has 0 aliphatic heterocycles. The van der Waals surface area contributed by atoms with Crippen LogP contribution >= 0.6 is 0 Å². The van der Waals surface area contributed by atoms with Crippen LogP contribution in [0.5, 0.6) is 0 Å². The zero-order valence-corrected chi connectivity index (χ0v) is 31.6. The Morgan fingerprint density at radius 2 is 1.07 bits per heavy atom. The van der Waals surface area contributed by atoms with E-state index in [2.05, 4.69) is 31.2 Å². The van der Waals surface area contributed by atoms with E-state index in [4.69, 9.17) is 5.73 Å². The van der Waals surface area contributed by atoms with Crippen molar-refractivity contribution in [1.82, 2.24) is 31.2 Å². The van der Waals surface area contributed by atoms with E-state index in [1.807, 2.05) is 92.7 Å². The number of amides is 4. The summed E-state index contributed by atoms with van der Waals surface area (Å²) in [6.07, 6.45) is 4.13. The van der Waals surface area contributed by atoms with Gasteiger partial charge in [0.1, 0.15) is 24.2 Å². The minimum atomic E-state index is -1.18. The molecule has 0 bridgehead atoms. The molecule has 4 amide bonds. The number of para-hydroxylation sites is 2. The number of carboxylic acids is 1. The normalized spacial score (nSPS) is 14.2. The first-order valence-electron chi connectivity index (χ1n) is 18.6. The topological polar surface area (TPSA) is 211 Å². The molecule has 0 radical (unpaired) electrons. The predicted octanol–water partition coefficient (Wildman–Crippen LogP) is 3.73. The van der Waals surface area contributed by atoms with Gasteiger partial charge < -0.3 is 42.1 Å². The van der Waals surface area contributed by atoms with E-state index >= 15 is 0 Å². The Morgan fingerprint density at radius 3 is 1.58 bits per heavy atom. The molecule has 0 saturated carbocycles. The van der Waals surface area contributed by atoms with E-state index in [0.717, 1.165) is 38.5 Å². The molecule has 0 aliphatic carbocycles. The van der Waals surface area contributed by atoms with Gasteiger partial charge in [-0.1, -0.05) is 94.4 Å². The van der Waals surface area contributed by atoms with Crippen molar-refractivity contribution >= 4 is 51.4 Å². The smallest absolute Gasteiger partial charge is 0.326 e. The number of nitrogens with one attached hydrogen (secondary N) is 6. The molecule has 0 unspecified atom stereocenters. The summed E-state index contributed by atoms with van der Waals surface area (Å²) in [5, 5.41) is 22.7. The molecule has 290 valence electrons. The van der Waals surface area contributed by atoms with Crippen LogP contribution in [0.15, 0.2) is 91.3 Å². The van der Waals surface area contributed by atoms with Gasteiger partial charge in [0, 0.05) is 47.0 Å². The van der Waals surface area contributed by atoms with Crippen molar-refractivity contribution in [1.29, 1.82) is 0 Å². The van der Waals surface area contributed by atoms with Crippen LogP contribution in [0.2, 0.25) is 0 Å². The highest BCUT2D eigenvalue weighted by molar-refractivity contribution is 5.96. The molecule has 2 aromatic heterocycles. The molecule has 13 heteroatoms. The summed E-state index contributed by atoms with van der Waals surface area (Å²) >= 11 is 0. The van der Waals surface area contributed by atoms with Gasteiger partial charge in [0.2, 0.25) is 23.6 Å².